The summed E-state index contributed by atoms with van der Waals surface area (Å²) in [6.45, 7) is 9.82. The minimum Gasteiger partial charge on any atom is -0.369 e. The van der Waals surface area contributed by atoms with Gasteiger partial charge in [-0.3, -0.25) is 14.5 Å². The first-order valence-corrected chi connectivity index (χ1v) is 6.89. The highest BCUT2D eigenvalue weighted by molar-refractivity contribution is 6.00. The van der Waals surface area contributed by atoms with Crippen molar-refractivity contribution in [3.63, 3.8) is 0 Å². The maximum atomic E-state index is 12.5. The van der Waals surface area contributed by atoms with Crippen LogP contribution in [0.4, 0.5) is 0 Å². The predicted octanol–water partition coefficient (Wildman–Crippen LogP) is 2.07. The second-order valence-corrected chi connectivity index (χ2v) is 5.57. The lowest BCUT2D eigenvalue weighted by Crippen LogP contribution is -2.47. The summed E-state index contributed by atoms with van der Waals surface area (Å²) in [6, 6.07) is 5.39. The third-order valence-electron chi connectivity index (χ3n) is 3.67. The molecule has 0 saturated heterocycles. The van der Waals surface area contributed by atoms with E-state index in [0.29, 0.717) is 5.56 Å². The number of carbonyl (C=O) groups excluding carboxylic acids is 2. The molecule has 1 amide bonds. The second-order valence-electron chi connectivity index (χ2n) is 5.57. The molecule has 0 aliphatic rings. The molecule has 0 aliphatic carbocycles. The Morgan fingerprint density at radius 2 is 1.75 bits per heavy atom. The van der Waals surface area contributed by atoms with Gasteiger partial charge in [0.15, 0.2) is 5.78 Å². The van der Waals surface area contributed by atoms with Crippen LogP contribution in [0.5, 0.6) is 0 Å². The van der Waals surface area contributed by atoms with Crippen molar-refractivity contribution in [2.75, 3.05) is 6.54 Å². The van der Waals surface area contributed by atoms with E-state index in [1.54, 1.807) is 0 Å². The Labute approximate surface area is 121 Å². The fourth-order valence-corrected chi connectivity index (χ4v) is 2.23. The zero-order valence-electron chi connectivity index (χ0n) is 12.9. The lowest BCUT2D eigenvalue weighted by Gasteiger charge is -2.30. The van der Waals surface area contributed by atoms with Gasteiger partial charge in [0.25, 0.3) is 0 Å². The van der Waals surface area contributed by atoms with E-state index < -0.39 is 5.91 Å². The number of aryl methyl sites for hydroxylation is 2. The second kappa shape index (κ2) is 6.66. The first kappa shape index (κ1) is 16.4. The number of ketones is 1. The maximum absolute atomic E-state index is 12.5. The average molecular weight is 276 g/mol. The molecule has 1 rings (SSSR count). The Morgan fingerprint density at radius 3 is 2.20 bits per heavy atom. The lowest BCUT2D eigenvalue weighted by atomic mass is 9.99. The average Bonchev–Trinajstić information content (AvgIpc) is 2.37. The molecule has 1 aromatic carbocycles. The lowest BCUT2D eigenvalue weighted by molar-refractivity contribution is -0.119. The normalized spacial score (nSPS) is 12.8. The molecule has 0 spiro atoms. The van der Waals surface area contributed by atoms with Crippen molar-refractivity contribution in [1.29, 1.82) is 0 Å². The molecule has 1 atom stereocenters. The largest absolute Gasteiger partial charge is 0.369 e. The van der Waals surface area contributed by atoms with E-state index in [0.717, 1.165) is 11.1 Å². The molecule has 0 saturated carbocycles. The van der Waals surface area contributed by atoms with Gasteiger partial charge in [-0.25, -0.2) is 0 Å². The number of carbonyl (C=O) groups is 2. The van der Waals surface area contributed by atoms with Crippen LogP contribution in [0.3, 0.4) is 0 Å². The Bertz CT molecular complexity index is 509. The van der Waals surface area contributed by atoms with E-state index in [4.69, 9.17) is 5.73 Å². The summed E-state index contributed by atoms with van der Waals surface area (Å²) in [5, 5.41) is 0. The van der Waals surface area contributed by atoms with Crippen LogP contribution < -0.4 is 5.73 Å². The monoisotopic (exact) mass is 276 g/mol. The number of hydrogen-bond acceptors (Lipinski definition) is 3. The van der Waals surface area contributed by atoms with Gasteiger partial charge in [-0.1, -0.05) is 12.1 Å². The van der Waals surface area contributed by atoms with E-state index in [1.807, 2.05) is 57.7 Å². The summed E-state index contributed by atoms with van der Waals surface area (Å²) in [6.07, 6.45) is 0. The van der Waals surface area contributed by atoms with Crippen molar-refractivity contribution in [2.24, 2.45) is 5.73 Å². The summed E-state index contributed by atoms with van der Waals surface area (Å²) in [5.74, 6) is -0.401. The van der Waals surface area contributed by atoms with Crippen LogP contribution in [-0.4, -0.2) is 35.2 Å². The highest BCUT2D eigenvalue weighted by atomic mass is 16.1. The first-order valence-electron chi connectivity index (χ1n) is 6.89. The number of rotatable bonds is 6. The van der Waals surface area contributed by atoms with Crippen LogP contribution in [0.15, 0.2) is 18.2 Å². The standard InChI is InChI=1S/C16H24N2O2/c1-10(2)18(9-15(17)19)13(5)16(20)14-7-6-11(3)12(4)8-14/h6-8,10,13H,9H2,1-5H3,(H2,17,19). The van der Waals surface area contributed by atoms with E-state index >= 15 is 0 Å². The van der Waals surface area contributed by atoms with E-state index in [1.165, 1.54) is 0 Å². The third-order valence-corrected chi connectivity index (χ3v) is 3.67. The Balaban J connectivity index is 2.98. The van der Waals surface area contributed by atoms with Crippen LogP contribution in [-0.2, 0) is 4.79 Å². The highest BCUT2D eigenvalue weighted by Crippen LogP contribution is 2.15. The minimum absolute atomic E-state index is 0.0167. The van der Waals surface area contributed by atoms with Gasteiger partial charge in [-0.2, -0.15) is 0 Å². The van der Waals surface area contributed by atoms with Gasteiger partial charge in [0, 0.05) is 11.6 Å². The molecule has 0 aliphatic heterocycles. The molecule has 0 heterocycles. The molecule has 4 heteroatoms. The number of benzene rings is 1. The number of hydrogen-bond donors (Lipinski definition) is 1. The van der Waals surface area contributed by atoms with Crippen LogP contribution in [0.1, 0.15) is 42.3 Å². The van der Waals surface area contributed by atoms with Gasteiger partial charge in [-0.15, -0.1) is 0 Å². The van der Waals surface area contributed by atoms with Crippen LogP contribution >= 0.6 is 0 Å². The molecule has 0 fully saturated rings. The van der Waals surface area contributed by atoms with Crippen molar-refractivity contribution >= 4 is 11.7 Å². The molecule has 0 aromatic heterocycles. The van der Waals surface area contributed by atoms with Crippen molar-refractivity contribution in [2.45, 2.75) is 46.7 Å². The van der Waals surface area contributed by atoms with E-state index in [-0.39, 0.29) is 24.4 Å². The third kappa shape index (κ3) is 3.90. The smallest absolute Gasteiger partial charge is 0.231 e. The summed E-state index contributed by atoms with van der Waals surface area (Å²) < 4.78 is 0. The van der Waals surface area contributed by atoms with Crippen LogP contribution in [0.2, 0.25) is 0 Å². The van der Waals surface area contributed by atoms with Crippen LogP contribution in [0.25, 0.3) is 0 Å². The highest BCUT2D eigenvalue weighted by Gasteiger charge is 2.25. The van der Waals surface area contributed by atoms with Gasteiger partial charge in [0.1, 0.15) is 0 Å². The molecule has 1 aromatic rings. The number of amides is 1. The number of nitrogens with zero attached hydrogens (tertiary/aromatic N) is 1. The van der Waals surface area contributed by atoms with E-state index in [2.05, 4.69) is 0 Å². The van der Waals surface area contributed by atoms with Crippen LogP contribution in [0, 0.1) is 13.8 Å². The zero-order chi connectivity index (χ0) is 15.4. The summed E-state index contributed by atoms with van der Waals surface area (Å²) >= 11 is 0. The van der Waals surface area contributed by atoms with Crippen molar-refractivity contribution in [3.05, 3.63) is 34.9 Å². The molecular weight excluding hydrogens is 252 g/mol. The summed E-state index contributed by atoms with van der Waals surface area (Å²) in [7, 11) is 0. The molecular formula is C16H24N2O2. The first-order chi connectivity index (χ1) is 9.23. The molecule has 20 heavy (non-hydrogen) atoms. The molecule has 2 N–H and O–H groups in total. The van der Waals surface area contributed by atoms with Crippen molar-refractivity contribution in [3.8, 4) is 0 Å². The van der Waals surface area contributed by atoms with E-state index in [9.17, 15) is 9.59 Å². The minimum atomic E-state index is -0.418. The summed E-state index contributed by atoms with van der Waals surface area (Å²) in [4.78, 5) is 25.5. The van der Waals surface area contributed by atoms with Crippen molar-refractivity contribution in [1.82, 2.24) is 4.90 Å². The number of nitrogens with two attached hydrogens (primary N) is 1. The van der Waals surface area contributed by atoms with Gasteiger partial charge in [0.05, 0.1) is 12.6 Å². The molecule has 110 valence electrons. The molecule has 0 radical (unpaired) electrons. The number of Topliss-reactive ketones (excluding diaryl/α,β-unsaturated/α-hetero) is 1. The van der Waals surface area contributed by atoms with Crippen molar-refractivity contribution < 1.29 is 9.59 Å². The SMILES string of the molecule is Cc1ccc(C(=O)C(C)N(CC(N)=O)C(C)C)cc1C. The van der Waals surface area contributed by atoms with Gasteiger partial charge < -0.3 is 5.73 Å². The maximum Gasteiger partial charge on any atom is 0.231 e. The predicted molar refractivity (Wildman–Crippen MR) is 80.7 cm³/mol. The fourth-order valence-electron chi connectivity index (χ4n) is 2.23. The summed E-state index contributed by atoms with van der Waals surface area (Å²) in [5.41, 5.74) is 8.19. The van der Waals surface area contributed by atoms with Gasteiger partial charge >= 0.3 is 0 Å². The molecule has 4 nitrogen and oxygen atoms in total. The Kier molecular flexibility index (Phi) is 5.45. The Morgan fingerprint density at radius 1 is 1.15 bits per heavy atom. The van der Waals surface area contributed by atoms with Gasteiger partial charge in [0.2, 0.25) is 5.91 Å². The van der Waals surface area contributed by atoms with Gasteiger partial charge in [-0.05, 0) is 51.8 Å². The molecule has 1 unspecified atom stereocenters. The fraction of sp³-hybridized carbons (Fsp3) is 0.500. The Hall–Kier alpha value is -1.68. The number of primary amides is 1. The zero-order valence-corrected chi connectivity index (χ0v) is 12.9. The quantitative estimate of drug-likeness (QED) is 0.809. The topological polar surface area (TPSA) is 63.4 Å². The molecule has 0 bridgehead atoms.